The summed E-state index contributed by atoms with van der Waals surface area (Å²) in [6.07, 6.45) is 8.55. The molecule has 0 fully saturated rings. The number of aryl methyl sites for hydroxylation is 1. The maximum Gasteiger partial charge on any atom is 0.226 e. The fourth-order valence-corrected chi connectivity index (χ4v) is 4.52. The standard InChI is InChI=1S/C29H24FN7O/c1-15(2)29(38)34-20-7-18(10-31-11-20)24-9-22-27(14-33-24)36-37-28(22)25-8-21-23(12-32-13-26(21)35-25)17-4-16(3)5-19(30)6-17/h4-15,35H,1-3H3,(H,34,38)(H,36,37). The van der Waals surface area contributed by atoms with Crippen LogP contribution in [0.15, 0.2) is 67.4 Å². The van der Waals surface area contributed by atoms with Crippen LogP contribution >= 0.6 is 0 Å². The van der Waals surface area contributed by atoms with E-state index in [4.69, 9.17) is 0 Å². The number of carbonyl (C=O) groups is 1. The number of benzene rings is 1. The second kappa shape index (κ2) is 9.19. The highest BCUT2D eigenvalue weighted by molar-refractivity contribution is 6.01. The van der Waals surface area contributed by atoms with Crippen LogP contribution in [-0.2, 0) is 4.79 Å². The summed E-state index contributed by atoms with van der Waals surface area (Å²) in [5, 5.41) is 12.3. The number of nitrogens with zero attached hydrogens (tertiary/aromatic N) is 4. The average Bonchev–Trinajstić information content (AvgIpc) is 3.51. The number of halogens is 1. The number of pyridine rings is 3. The summed E-state index contributed by atoms with van der Waals surface area (Å²) in [5.41, 5.74) is 7.63. The molecular formula is C29H24FN7O. The molecule has 0 saturated heterocycles. The van der Waals surface area contributed by atoms with Gasteiger partial charge in [-0.05, 0) is 48.4 Å². The third-order valence-electron chi connectivity index (χ3n) is 6.43. The van der Waals surface area contributed by atoms with Crippen molar-refractivity contribution in [1.29, 1.82) is 0 Å². The van der Waals surface area contributed by atoms with Crippen LogP contribution in [-0.4, -0.2) is 36.0 Å². The van der Waals surface area contributed by atoms with Crippen molar-refractivity contribution in [2.45, 2.75) is 20.8 Å². The van der Waals surface area contributed by atoms with E-state index in [1.807, 2.05) is 45.0 Å². The van der Waals surface area contributed by atoms with Crippen LogP contribution < -0.4 is 5.32 Å². The number of carbonyl (C=O) groups excluding carboxylic acids is 1. The van der Waals surface area contributed by atoms with Crippen molar-refractivity contribution in [2.75, 3.05) is 5.32 Å². The number of rotatable bonds is 5. The van der Waals surface area contributed by atoms with Gasteiger partial charge in [-0.15, -0.1) is 0 Å². The SMILES string of the molecule is Cc1cc(F)cc(-c2cncc3[nH]c(-c4n[nH]c5cnc(-c6cncc(NC(=O)C(C)C)c6)cc45)cc23)c1. The Morgan fingerprint density at radius 3 is 2.55 bits per heavy atom. The highest BCUT2D eigenvalue weighted by Crippen LogP contribution is 2.35. The van der Waals surface area contributed by atoms with Gasteiger partial charge in [0.2, 0.25) is 5.91 Å². The summed E-state index contributed by atoms with van der Waals surface area (Å²) >= 11 is 0. The predicted octanol–water partition coefficient (Wildman–Crippen LogP) is 6.27. The van der Waals surface area contributed by atoms with Gasteiger partial charge in [0.15, 0.2) is 0 Å². The molecule has 5 aromatic heterocycles. The van der Waals surface area contributed by atoms with Gasteiger partial charge >= 0.3 is 0 Å². The number of aromatic nitrogens is 6. The largest absolute Gasteiger partial charge is 0.352 e. The molecule has 0 spiro atoms. The van der Waals surface area contributed by atoms with E-state index >= 15 is 0 Å². The maximum atomic E-state index is 14.1. The molecular weight excluding hydrogens is 481 g/mol. The number of hydrogen-bond donors (Lipinski definition) is 3. The number of amides is 1. The van der Waals surface area contributed by atoms with E-state index in [0.29, 0.717) is 11.4 Å². The van der Waals surface area contributed by atoms with Crippen LogP contribution in [0.3, 0.4) is 0 Å². The Hall–Kier alpha value is -4.92. The van der Waals surface area contributed by atoms with Crippen LogP contribution in [0.1, 0.15) is 19.4 Å². The Morgan fingerprint density at radius 2 is 1.74 bits per heavy atom. The monoisotopic (exact) mass is 505 g/mol. The first-order valence-electron chi connectivity index (χ1n) is 12.2. The van der Waals surface area contributed by atoms with E-state index in [0.717, 1.165) is 55.4 Å². The lowest BCUT2D eigenvalue weighted by Crippen LogP contribution is -2.17. The topological polar surface area (TPSA) is 112 Å². The molecule has 0 unspecified atom stereocenters. The van der Waals surface area contributed by atoms with Crippen molar-refractivity contribution in [3.63, 3.8) is 0 Å². The molecule has 188 valence electrons. The van der Waals surface area contributed by atoms with Crippen LogP contribution in [0.2, 0.25) is 0 Å². The molecule has 0 atom stereocenters. The summed E-state index contributed by atoms with van der Waals surface area (Å²) < 4.78 is 14.1. The average molecular weight is 506 g/mol. The van der Waals surface area contributed by atoms with Gasteiger partial charge < -0.3 is 10.3 Å². The first-order chi connectivity index (χ1) is 18.4. The predicted molar refractivity (Wildman–Crippen MR) is 146 cm³/mol. The maximum absolute atomic E-state index is 14.1. The fraction of sp³-hybridized carbons (Fsp3) is 0.138. The zero-order valence-corrected chi connectivity index (χ0v) is 21.0. The third-order valence-corrected chi connectivity index (χ3v) is 6.43. The molecule has 38 heavy (non-hydrogen) atoms. The minimum atomic E-state index is -0.284. The summed E-state index contributed by atoms with van der Waals surface area (Å²) in [5.74, 6) is -0.502. The molecule has 0 radical (unpaired) electrons. The van der Waals surface area contributed by atoms with Crippen LogP contribution in [0, 0.1) is 18.7 Å². The van der Waals surface area contributed by atoms with E-state index in [2.05, 4.69) is 35.5 Å². The number of hydrogen-bond acceptors (Lipinski definition) is 5. The quantitative estimate of drug-likeness (QED) is 0.256. The summed E-state index contributed by atoms with van der Waals surface area (Å²) in [4.78, 5) is 28.8. The van der Waals surface area contributed by atoms with Gasteiger partial charge in [0, 0.05) is 40.2 Å². The number of anilines is 1. The lowest BCUT2D eigenvalue weighted by molar-refractivity contribution is -0.118. The Kier molecular flexibility index (Phi) is 5.68. The van der Waals surface area contributed by atoms with Gasteiger partial charge in [0.1, 0.15) is 11.5 Å². The smallest absolute Gasteiger partial charge is 0.226 e. The molecule has 9 heteroatoms. The highest BCUT2D eigenvalue weighted by atomic mass is 19.1. The molecule has 6 rings (SSSR count). The van der Waals surface area contributed by atoms with Crippen molar-refractivity contribution >= 4 is 33.4 Å². The Bertz CT molecular complexity index is 1820. The molecule has 0 saturated carbocycles. The second-order valence-electron chi connectivity index (χ2n) is 9.64. The second-order valence-corrected chi connectivity index (χ2v) is 9.64. The first-order valence-corrected chi connectivity index (χ1v) is 12.2. The number of H-pyrrole nitrogens is 2. The molecule has 8 nitrogen and oxygen atoms in total. The summed E-state index contributed by atoms with van der Waals surface area (Å²) in [6.45, 7) is 5.54. The van der Waals surface area contributed by atoms with Gasteiger partial charge in [0.05, 0.1) is 46.7 Å². The highest BCUT2D eigenvalue weighted by Gasteiger charge is 2.16. The van der Waals surface area contributed by atoms with Crippen molar-refractivity contribution in [3.05, 3.63) is 78.8 Å². The number of aromatic amines is 2. The van der Waals surface area contributed by atoms with Gasteiger partial charge in [-0.3, -0.25) is 24.8 Å². The van der Waals surface area contributed by atoms with Crippen LogP contribution in [0.5, 0.6) is 0 Å². The molecule has 0 aliphatic heterocycles. The van der Waals surface area contributed by atoms with Crippen molar-refractivity contribution < 1.29 is 9.18 Å². The van der Waals surface area contributed by atoms with Crippen LogP contribution in [0.4, 0.5) is 10.1 Å². The van der Waals surface area contributed by atoms with Crippen molar-refractivity contribution in [3.8, 4) is 33.8 Å². The van der Waals surface area contributed by atoms with Gasteiger partial charge in [-0.2, -0.15) is 5.10 Å². The molecule has 0 aliphatic carbocycles. The zero-order valence-electron chi connectivity index (χ0n) is 21.0. The Morgan fingerprint density at radius 1 is 0.895 bits per heavy atom. The lowest BCUT2D eigenvalue weighted by atomic mass is 10.0. The van der Waals surface area contributed by atoms with Gasteiger partial charge in [-0.25, -0.2) is 4.39 Å². The molecule has 0 aliphatic rings. The summed E-state index contributed by atoms with van der Waals surface area (Å²) in [6, 6.07) is 10.8. The molecule has 0 bridgehead atoms. The third kappa shape index (κ3) is 4.28. The number of nitrogens with one attached hydrogen (secondary N) is 3. The zero-order chi connectivity index (χ0) is 26.4. The number of fused-ring (bicyclic) bond motifs is 2. The minimum Gasteiger partial charge on any atom is -0.352 e. The van der Waals surface area contributed by atoms with Crippen LogP contribution in [0.25, 0.3) is 55.6 Å². The van der Waals surface area contributed by atoms with Crippen molar-refractivity contribution in [2.24, 2.45) is 5.92 Å². The molecule has 1 amide bonds. The van der Waals surface area contributed by atoms with E-state index in [-0.39, 0.29) is 17.6 Å². The fourth-order valence-electron chi connectivity index (χ4n) is 4.52. The normalized spacial score (nSPS) is 11.5. The van der Waals surface area contributed by atoms with Gasteiger partial charge in [0.25, 0.3) is 0 Å². The van der Waals surface area contributed by atoms with E-state index in [1.54, 1.807) is 31.0 Å². The van der Waals surface area contributed by atoms with E-state index in [9.17, 15) is 9.18 Å². The minimum absolute atomic E-state index is 0.0782. The lowest BCUT2D eigenvalue weighted by Gasteiger charge is -2.08. The molecule has 5 heterocycles. The molecule has 1 aromatic carbocycles. The Balaban J connectivity index is 1.42. The van der Waals surface area contributed by atoms with Gasteiger partial charge in [-0.1, -0.05) is 19.9 Å². The molecule has 6 aromatic rings. The van der Waals surface area contributed by atoms with Crippen molar-refractivity contribution in [1.82, 2.24) is 30.1 Å². The van der Waals surface area contributed by atoms with E-state index in [1.165, 1.54) is 12.1 Å². The Labute approximate surface area is 217 Å². The molecule has 3 N–H and O–H groups in total. The first kappa shape index (κ1) is 23.5. The van der Waals surface area contributed by atoms with E-state index < -0.39 is 0 Å². The summed E-state index contributed by atoms with van der Waals surface area (Å²) in [7, 11) is 0.